The molecule has 0 radical (unpaired) electrons. The van der Waals surface area contributed by atoms with Gasteiger partial charge in [0.15, 0.2) is 5.96 Å². The molecule has 0 unspecified atom stereocenters. The number of guanidine groups is 1. The summed E-state index contributed by atoms with van der Waals surface area (Å²) in [6, 6.07) is 16.5. The monoisotopic (exact) mass is 502 g/mol. The molecule has 0 saturated carbocycles. The van der Waals surface area contributed by atoms with Crippen molar-refractivity contribution in [2.75, 3.05) is 19.6 Å². The second-order valence-corrected chi connectivity index (χ2v) is 6.75. The number of benzene rings is 2. The minimum absolute atomic E-state index is 0. The maximum Gasteiger partial charge on any atom is 0.191 e. The topological polar surface area (TPSA) is 80.9 Å². The van der Waals surface area contributed by atoms with E-state index >= 15 is 0 Å². The van der Waals surface area contributed by atoms with Crippen LogP contribution in [0.2, 0.25) is 0 Å². The normalized spacial score (nSPS) is 11.6. The summed E-state index contributed by atoms with van der Waals surface area (Å²) in [5.41, 5.74) is 4.58. The van der Waals surface area contributed by atoms with E-state index in [4.69, 9.17) is 0 Å². The average molecular weight is 502 g/mol. The molecule has 0 atom stereocenters. The van der Waals surface area contributed by atoms with Gasteiger partial charge in [0.25, 0.3) is 0 Å². The Morgan fingerprint density at radius 1 is 1.00 bits per heavy atom. The fourth-order valence-corrected chi connectivity index (χ4v) is 3.39. The van der Waals surface area contributed by atoms with Crippen LogP contribution in [0.1, 0.15) is 18.3 Å². The molecule has 2 heterocycles. The number of halogens is 1. The number of hydrogen-bond donors (Lipinski definition) is 4. The highest BCUT2D eigenvalue weighted by molar-refractivity contribution is 14.0. The number of rotatable bonds is 7. The molecule has 152 valence electrons. The maximum absolute atomic E-state index is 4.69. The first kappa shape index (κ1) is 21.2. The number of imidazole rings is 1. The molecular weight excluding hydrogens is 475 g/mol. The molecule has 0 amide bonds. The lowest BCUT2D eigenvalue weighted by Gasteiger charge is -2.11. The van der Waals surface area contributed by atoms with Gasteiger partial charge in [-0.15, -0.1) is 24.0 Å². The summed E-state index contributed by atoms with van der Waals surface area (Å²) < 4.78 is 0. The average Bonchev–Trinajstić information content (AvgIpc) is 3.32. The van der Waals surface area contributed by atoms with Crippen LogP contribution in [0, 0.1) is 0 Å². The molecule has 0 aliphatic carbocycles. The van der Waals surface area contributed by atoms with Crippen LogP contribution in [0.3, 0.4) is 0 Å². The molecule has 0 spiro atoms. The Bertz CT molecular complexity index is 1050. The Balaban J connectivity index is 0.00000240. The summed E-state index contributed by atoms with van der Waals surface area (Å²) >= 11 is 0. The van der Waals surface area contributed by atoms with Crippen molar-refractivity contribution in [3.63, 3.8) is 0 Å². The first-order valence-corrected chi connectivity index (χ1v) is 9.84. The smallest absolute Gasteiger partial charge is 0.191 e. The van der Waals surface area contributed by atoms with Gasteiger partial charge < -0.3 is 20.6 Å². The second-order valence-electron chi connectivity index (χ2n) is 6.75. The van der Waals surface area contributed by atoms with Gasteiger partial charge in [-0.25, -0.2) is 4.98 Å². The molecule has 2 aromatic carbocycles. The van der Waals surface area contributed by atoms with E-state index in [1.54, 1.807) is 0 Å². The van der Waals surface area contributed by atoms with Crippen LogP contribution < -0.4 is 10.6 Å². The van der Waals surface area contributed by atoms with Crippen molar-refractivity contribution in [2.45, 2.75) is 19.8 Å². The van der Waals surface area contributed by atoms with Crippen LogP contribution in [0.25, 0.3) is 21.9 Å². The van der Waals surface area contributed by atoms with Gasteiger partial charge in [0.1, 0.15) is 5.82 Å². The van der Waals surface area contributed by atoms with Crippen molar-refractivity contribution in [2.24, 2.45) is 4.99 Å². The highest BCUT2D eigenvalue weighted by Gasteiger charge is 2.04. The molecule has 0 aliphatic heterocycles. The Hall–Kier alpha value is -2.55. The van der Waals surface area contributed by atoms with Crippen LogP contribution in [0.15, 0.2) is 59.7 Å². The summed E-state index contributed by atoms with van der Waals surface area (Å²) in [6.07, 6.45) is 3.82. The molecule has 6 nitrogen and oxygen atoms in total. The van der Waals surface area contributed by atoms with E-state index in [2.05, 4.69) is 68.0 Å². The number of hydrogen-bond acceptors (Lipinski definition) is 2. The van der Waals surface area contributed by atoms with E-state index in [0.717, 1.165) is 48.7 Å². The third-order valence-corrected chi connectivity index (χ3v) is 4.76. The lowest BCUT2D eigenvalue weighted by atomic mass is 10.1. The number of aliphatic imine (C=N–C) groups is 1. The van der Waals surface area contributed by atoms with Crippen LogP contribution in [-0.4, -0.2) is 40.5 Å². The molecule has 0 bridgehead atoms. The van der Waals surface area contributed by atoms with Gasteiger partial charge in [-0.05, 0) is 37.1 Å². The Morgan fingerprint density at radius 2 is 1.79 bits per heavy atom. The first-order valence-electron chi connectivity index (χ1n) is 9.84. The molecule has 4 N–H and O–H groups in total. The van der Waals surface area contributed by atoms with E-state index in [-0.39, 0.29) is 24.0 Å². The molecule has 7 heteroatoms. The molecule has 0 saturated heterocycles. The summed E-state index contributed by atoms with van der Waals surface area (Å²) in [4.78, 5) is 16.0. The highest BCUT2D eigenvalue weighted by atomic mass is 127. The molecule has 4 rings (SSSR count). The van der Waals surface area contributed by atoms with E-state index in [0.29, 0.717) is 6.54 Å². The van der Waals surface area contributed by atoms with Crippen LogP contribution in [-0.2, 0) is 12.8 Å². The minimum atomic E-state index is 0. The standard InChI is InChI=1S/C22H26N6.HI/c1-2-23-22(24-13-11-16-15-26-18-8-4-3-7-17(16)18)25-14-12-21-27-19-9-5-6-10-20(19)28-21;/h3-10,15,26H,2,11-14H2,1H3,(H,27,28)(H2,23,24,25);1H. The third-order valence-electron chi connectivity index (χ3n) is 4.76. The molecule has 0 aliphatic rings. The first-order chi connectivity index (χ1) is 13.8. The number of aromatic amines is 2. The maximum atomic E-state index is 4.69. The van der Waals surface area contributed by atoms with Crippen molar-refractivity contribution in [3.05, 3.63) is 66.1 Å². The van der Waals surface area contributed by atoms with Crippen molar-refractivity contribution in [1.29, 1.82) is 0 Å². The zero-order valence-corrected chi connectivity index (χ0v) is 18.9. The van der Waals surface area contributed by atoms with Gasteiger partial charge in [0.05, 0.1) is 11.0 Å². The number of fused-ring (bicyclic) bond motifs is 2. The van der Waals surface area contributed by atoms with Gasteiger partial charge in [-0.2, -0.15) is 0 Å². The predicted octanol–water partition coefficient (Wildman–Crippen LogP) is 4.00. The number of H-pyrrole nitrogens is 2. The lowest BCUT2D eigenvalue weighted by Crippen LogP contribution is -2.38. The summed E-state index contributed by atoms with van der Waals surface area (Å²) in [5, 5.41) is 8.03. The van der Waals surface area contributed by atoms with Crippen LogP contribution in [0.4, 0.5) is 0 Å². The highest BCUT2D eigenvalue weighted by Crippen LogP contribution is 2.17. The molecule has 0 fully saturated rings. The van der Waals surface area contributed by atoms with Gasteiger partial charge >= 0.3 is 0 Å². The van der Waals surface area contributed by atoms with Crippen molar-refractivity contribution in [3.8, 4) is 0 Å². The predicted molar refractivity (Wildman–Crippen MR) is 131 cm³/mol. The molecule has 4 aromatic rings. The van der Waals surface area contributed by atoms with Gasteiger partial charge in [0, 0.05) is 43.2 Å². The molecule has 2 aromatic heterocycles. The summed E-state index contributed by atoms with van der Waals surface area (Å²) in [6.45, 7) is 4.43. The number of nitrogens with one attached hydrogen (secondary N) is 4. The van der Waals surface area contributed by atoms with Crippen molar-refractivity contribution < 1.29 is 0 Å². The fraction of sp³-hybridized carbons (Fsp3) is 0.273. The van der Waals surface area contributed by atoms with Crippen LogP contribution >= 0.6 is 24.0 Å². The van der Waals surface area contributed by atoms with E-state index in [1.165, 1.54) is 16.5 Å². The Morgan fingerprint density at radius 3 is 2.62 bits per heavy atom. The lowest BCUT2D eigenvalue weighted by molar-refractivity contribution is 0.794. The quantitative estimate of drug-likeness (QED) is 0.175. The van der Waals surface area contributed by atoms with Crippen molar-refractivity contribution >= 4 is 51.9 Å². The summed E-state index contributed by atoms with van der Waals surface area (Å²) in [7, 11) is 0. The number of aromatic nitrogens is 3. The molecular formula is C22H27IN6. The van der Waals surface area contributed by atoms with E-state index in [9.17, 15) is 0 Å². The van der Waals surface area contributed by atoms with Gasteiger partial charge in [-0.3, -0.25) is 4.99 Å². The number of para-hydroxylation sites is 3. The van der Waals surface area contributed by atoms with Gasteiger partial charge in [0.2, 0.25) is 0 Å². The van der Waals surface area contributed by atoms with E-state index in [1.807, 2.05) is 24.3 Å². The third kappa shape index (κ3) is 5.29. The van der Waals surface area contributed by atoms with Crippen molar-refractivity contribution in [1.82, 2.24) is 25.6 Å². The van der Waals surface area contributed by atoms with E-state index < -0.39 is 0 Å². The Kier molecular flexibility index (Phi) is 7.51. The molecule has 29 heavy (non-hydrogen) atoms. The second kappa shape index (κ2) is 10.3. The zero-order valence-electron chi connectivity index (χ0n) is 16.5. The SMILES string of the molecule is CCNC(=NCCc1nc2ccccc2[nH]1)NCCc1c[nH]c2ccccc12.I. The number of nitrogens with zero attached hydrogens (tertiary/aromatic N) is 2. The Labute approximate surface area is 187 Å². The minimum Gasteiger partial charge on any atom is -0.361 e. The summed E-state index contributed by atoms with van der Waals surface area (Å²) in [5.74, 6) is 1.82. The van der Waals surface area contributed by atoms with Crippen LogP contribution in [0.5, 0.6) is 0 Å². The largest absolute Gasteiger partial charge is 0.361 e. The zero-order chi connectivity index (χ0) is 19.2. The fourth-order valence-electron chi connectivity index (χ4n) is 3.39. The van der Waals surface area contributed by atoms with Gasteiger partial charge in [-0.1, -0.05) is 30.3 Å².